The second-order valence-electron chi connectivity index (χ2n) is 6.77. The molecule has 3 aromatic carbocycles. The van der Waals surface area contributed by atoms with E-state index >= 15 is 0 Å². The van der Waals surface area contributed by atoms with Crippen molar-refractivity contribution in [2.24, 2.45) is 0 Å². The van der Waals surface area contributed by atoms with Crippen molar-refractivity contribution in [3.8, 4) is 11.4 Å². The standard InChI is InChI=1S/C23H18N4OS/c28-21(13-14-22-25-19-11-5-6-12-20(19)29-22)24-16-8-2-1-7-15(16)23-26-17-9-3-4-10-18(17)27-23/h1-12H,13-14H2,(H,24,28)(H,26,27). The van der Waals surface area contributed by atoms with Gasteiger partial charge in [-0.1, -0.05) is 36.4 Å². The van der Waals surface area contributed by atoms with Gasteiger partial charge in [0.05, 0.1) is 31.9 Å². The number of hydrogen-bond donors (Lipinski definition) is 2. The Morgan fingerprint density at radius 2 is 1.66 bits per heavy atom. The first-order valence-corrected chi connectivity index (χ1v) is 10.3. The Kier molecular flexibility index (Phi) is 4.54. The molecule has 5 aromatic rings. The molecule has 0 saturated heterocycles. The second-order valence-corrected chi connectivity index (χ2v) is 7.89. The van der Waals surface area contributed by atoms with E-state index in [1.807, 2.05) is 66.7 Å². The number of benzene rings is 3. The number of fused-ring (bicyclic) bond motifs is 2. The number of nitrogens with zero attached hydrogens (tertiary/aromatic N) is 2. The monoisotopic (exact) mass is 398 g/mol. The van der Waals surface area contributed by atoms with Crippen LogP contribution in [0.1, 0.15) is 11.4 Å². The van der Waals surface area contributed by atoms with Crippen LogP contribution >= 0.6 is 11.3 Å². The topological polar surface area (TPSA) is 70.7 Å². The summed E-state index contributed by atoms with van der Waals surface area (Å²) in [6, 6.07) is 23.6. The molecular formula is C23H18N4OS. The minimum atomic E-state index is -0.0344. The average molecular weight is 398 g/mol. The smallest absolute Gasteiger partial charge is 0.224 e. The zero-order chi connectivity index (χ0) is 19.6. The Morgan fingerprint density at radius 3 is 2.52 bits per heavy atom. The molecule has 2 aromatic heterocycles. The highest BCUT2D eigenvalue weighted by molar-refractivity contribution is 7.18. The molecule has 0 spiro atoms. The number of nitrogens with one attached hydrogen (secondary N) is 2. The molecule has 2 heterocycles. The van der Waals surface area contributed by atoms with Crippen LogP contribution in [0.2, 0.25) is 0 Å². The molecule has 5 rings (SSSR count). The van der Waals surface area contributed by atoms with E-state index in [1.165, 1.54) is 0 Å². The summed E-state index contributed by atoms with van der Waals surface area (Å²) in [6.07, 6.45) is 1.01. The van der Waals surface area contributed by atoms with Crippen LogP contribution in [0.3, 0.4) is 0 Å². The van der Waals surface area contributed by atoms with Crippen LogP contribution in [0.25, 0.3) is 32.6 Å². The Hall–Kier alpha value is -3.51. The lowest BCUT2D eigenvalue weighted by molar-refractivity contribution is -0.116. The summed E-state index contributed by atoms with van der Waals surface area (Å²) in [5.41, 5.74) is 4.49. The van der Waals surface area contributed by atoms with E-state index < -0.39 is 0 Å². The third-order valence-electron chi connectivity index (χ3n) is 4.75. The molecule has 0 bridgehead atoms. The number of carbonyl (C=O) groups is 1. The fourth-order valence-electron chi connectivity index (χ4n) is 3.34. The Bertz CT molecular complexity index is 1250. The van der Waals surface area contributed by atoms with Crippen molar-refractivity contribution in [2.75, 3.05) is 5.32 Å². The summed E-state index contributed by atoms with van der Waals surface area (Å²) >= 11 is 1.64. The highest BCUT2D eigenvalue weighted by atomic mass is 32.1. The second kappa shape index (κ2) is 7.48. The summed E-state index contributed by atoms with van der Waals surface area (Å²) in [7, 11) is 0. The number of amides is 1. The maximum Gasteiger partial charge on any atom is 0.224 e. The van der Waals surface area contributed by atoms with E-state index in [0.717, 1.165) is 43.3 Å². The molecule has 0 atom stereocenters. The number of hydrogen-bond acceptors (Lipinski definition) is 4. The molecule has 5 nitrogen and oxygen atoms in total. The average Bonchev–Trinajstić information content (AvgIpc) is 3.36. The molecule has 142 valence electrons. The minimum Gasteiger partial charge on any atom is -0.338 e. The molecule has 0 saturated carbocycles. The maximum absolute atomic E-state index is 12.6. The number of anilines is 1. The zero-order valence-corrected chi connectivity index (χ0v) is 16.4. The Labute approximate surface area is 171 Å². The Morgan fingerprint density at radius 1 is 0.897 bits per heavy atom. The fourth-order valence-corrected chi connectivity index (χ4v) is 4.31. The third-order valence-corrected chi connectivity index (χ3v) is 5.85. The Balaban J connectivity index is 1.33. The van der Waals surface area contributed by atoms with Crippen LogP contribution in [0, 0.1) is 0 Å². The number of aromatic nitrogens is 3. The number of thiazole rings is 1. The van der Waals surface area contributed by atoms with Crippen molar-refractivity contribution in [1.29, 1.82) is 0 Å². The lowest BCUT2D eigenvalue weighted by atomic mass is 10.1. The van der Waals surface area contributed by atoms with Gasteiger partial charge >= 0.3 is 0 Å². The van der Waals surface area contributed by atoms with E-state index in [-0.39, 0.29) is 5.91 Å². The van der Waals surface area contributed by atoms with Crippen molar-refractivity contribution in [1.82, 2.24) is 15.0 Å². The summed E-state index contributed by atoms with van der Waals surface area (Å²) in [5, 5.41) is 4.01. The molecule has 0 fully saturated rings. The zero-order valence-electron chi connectivity index (χ0n) is 15.6. The number of imidazole rings is 1. The van der Waals surface area contributed by atoms with Crippen LogP contribution in [-0.4, -0.2) is 20.9 Å². The van der Waals surface area contributed by atoms with Gasteiger partial charge < -0.3 is 10.3 Å². The van der Waals surface area contributed by atoms with E-state index in [1.54, 1.807) is 11.3 Å². The predicted octanol–water partition coefficient (Wildman–Crippen LogP) is 5.41. The van der Waals surface area contributed by atoms with Crippen molar-refractivity contribution >= 4 is 44.2 Å². The van der Waals surface area contributed by atoms with Gasteiger partial charge in [-0.25, -0.2) is 9.97 Å². The summed E-state index contributed by atoms with van der Waals surface area (Å²) in [4.78, 5) is 25.2. The molecule has 0 aliphatic heterocycles. The fraction of sp³-hybridized carbons (Fsp3) is 0.0870. The van der Waals surface area contributed by atoms with Crippen LogP contribution in [0.15, 0.2) is 72.8 Å². The van der Waals surface area contributed by atoms with E-state index in [2.05, 4.69) is 26.3 Å². The van der Waals surface area contributed by atoms with Crippen molar-refractivity contribution in [2.45, 2.75) is 12.8 Å². The van der Waals surface area contributed by atoms with Gasteiger partial charge in [0.2, 0.25) is 5.91 Å². The molecule has 29 heavy (non-hydrogen) atoms. The van der Waals surface area contributed by atoms with Gasteiger partial charge in [-0.05, 0) is 36.4 Å². The third kappa shape index (κ3) is 3.62. The molecule has 0 aliphatic carbocycles. The van der Waals surface area contributed by atoms with Gasteiger partial charge in [0.1, 0.15) is 5.82 Å². The highest BCUT2D eigenvalue weighted by Gasteiger charge is 2.13. The number of aromatic amines is 1. The molecule has 6 heteroatoms. The van der Waals surface area contributed by atoms with Gasteiger partial charge in [-0.15, -0.1) is 11.3 Å². The van der Waals surface area contributed by atoms with Gasteiger partial charge in [0.15, 0.2) is 0 Å². The lowest BCUT2D eigenvalue weighted by Crippen LogP contribution is -2.13. The van der Waals surface area contributed by atoms with E-state index in [0.29, 0.717) is 12.8 Å². The van der Waals surface area contributed by atoms with Crippen molar-refractivity contribution < 1.29 is 4.79 Å². The molecule has 1 amide bonds. The normalized spacial score (nSPS) is 11.2. The number of para-hydroxylation sites is 4. The number of rotatable bonds is 5. The first kappa shape index (κ1) is 17.6. The number of carbonyl (C=O) groups excluding carboxylic acids is 1. The van der Waals surface area contributed by atoms with E-state index in [9.17, 15) is 4.79 Å². The van der Waals surface area contributed by atoms with Gasteiger partial charge in [-0.3, -0.25) is 4.79 Å². The number of H-pyrrole nitrogens is 1. The van der Waals surface area contributed by atoms with Crippen LogP contribution in [0.5, 0.6) is 0 Å². The van der Waals surface area contributed by atoms with Crippen LogP contribution < -0.4 is 5.32 Å². The summed E-state index contributed by atoms with van der Waals surface area (Å²) < 4.78 is 1.15. The van der Waals surface area contributed by atoms with Crippen molar-refractivity contribution in [3.63, 3.8) is 0 Å². The number of aryl methyl sites for hydroxylation is 1. The largest absolute Gasteiger partial charge is 0.338 e. The molecular weight excluding hydrogens is 380 g/mol. The predicted molar refractivity (Wildman–Crippen MR) is 118 cm³/mol. The molecule has 2 N–H and O–H groups in total. The van der Waals surface area contributed by atoms with Crippen molar-refractivity contribution in [3.05, 3.63) is 77.8 Å². The highest BCUT2D eigenvalue weighted by Crippen LogP contribution is 2.28. The minimum absolute atomic E-state index is 0.0344. The SMILES string of the molecule is O=C(CCc1nc2ccccc2s1)Nc1ccccc1-c1nc2ccccc2[nH]1. The van der Waals surface area contributed by atoms with E-state index in [4.69, 9.17) is 0 Å². The molecule has 0 unspecified atom stereocenters. The molecule has 0 radical (unpaired) electrons. The first-order valence-electron chi connectivity index (χ1n) is 9.45. The summed E-state index contributed by atoms with van der Waals surface area (Å²) in [5.74, 6) is 0.709. The quantitative estimate of drug-likeness (QED) is 0.416. The first-order chi connectivity index (χ1) is 14.3. The lowest BCUT2D eigenvalue weighted by Gasteiger charge is -2.09. The van der Waals surface area contributed by atoms with Crippen LogP contribution in [0.4, 0.5) is 5.69 Å². The maximum atomic E-state index is 12.6. The van der Waals surface area contributed by atoms with Crippen LogP contribution in [-0.2, 0) is 11.2 Å². The van der Waals surface area contributed by atoms with Gasteiger partial charge in [0.25, 0.3) is 0 Å². The molecule has 0 aliphatic rings. The van der Waals surface area contributed by atoms with Gasteiger partial charge in [0, 0.05) is 18.4 Å². The van der Waals surface area contributed by atoms with Gasteiger partial charge in [-0.2, -0.15) is 0 Å². The summed E-state index contributed by atoms with van der Waals surface area (Å²) in [6.45, 7) is 0.